The second-order valence-electron chi connectivity index (χ2n) is 5.72. The quantitative estimate of drug-likeness (QED) is 0.761. The summed E-state index contributed by atoms with van der Waals surface area (Å²) < 4.78 is 5.51. The van der Waals surface area contributed by atoms with Crippen LogP contribution in [0.1, 0.15) is 32.4 Å². The third-order valence-corrected chi connectivity index (χ3v) is 4.52. The molecule has 1 atom stereocenters. The molecule has 1 fully saturated rings. The summed E-state index contributed by atoms with van der Waals surface area (Å²) in [7, 11) is 1.76. The molecule has 0 aromatic heterocycles. The van der Waals surface area contributed by atoms with Gasteiger partial charge in [0.05, 0.1) is 7.11 Å². The minimum absolute atomic E-state index is 0.409. The zero-order chi connectivity index (χ0) is 14.5. The van der Waals surface area contributed by atoms with Gasteiger partial charge < -0.3 is 9.64 Å². The smallest absolute Gasteiger partial charge is 0.123 e. The van der Waals surface area contributed by atoms with Crippen molar-refractivity contribution in [2.45, 2.75) is 26.8 Å². The van der Waals surface area contributed by atoms with Crippen LogP contribution in [-0.2, 0) is 0 Å². The maximum absolute atomic E-state index is 5.51. The molecule has 20 heavy (non-hydrogen) atoms. The summed E-state index contributed by atoms with van der Waals surface area (Å²) in [5.41, 5.74) is 1.29. The average Bonchev–Trinajstić information content (AvgIpc) is 2.45. The van der Waals surface area contributed by atoms with E-state index in [1.54, 1.807) is 7.11 Å². The third kappa shape index (κ3) is 3.33. The molecule has 0 N–H and O–H groups in total. The summed E-state index contributed by atoms with van der Waals surface area (Å²) in [6.45, 7) is 12.8. The van der Waals surface area contributed by atoms with E-state index >= 15 is 0 Å². The number of hydrogen-bond acceptors (Lipinski definition) is 3. The molecule has 1 heterocycles. The number of hydrogen-bond donors (Lipinski definition) is 0. The summed E-state index contributed by atoms with van der Waals surface area (Å²) in [5, 5.41) is 0. The molecular weight excluding hydrogens is 248 g/mol. The van der Waals surface area contributed by atoms with Crippen LogP contribution in [0.25, 0.3) is 0 Å². The number of nitrogens with zero attached hydrogens (tertiary/aromatic N) is 2. The van der Waals surface area contributed by atoms with Crippen LogP contribution >= 0.6 is 0 Å². The number of benzene rings is 1. The monoisotopic (exact) mass is 276 g/mol. The standard InChI is InChI=1S/C17H28N2O/c1-5-18-11-15(12-18)13-19(6-2)14(3)16-9-7-8-10-17(16)20-4/h7-10,14-15H,5-6,11-13H2,1-4H3/t14-/m0/s1. The van der Waals surface area contributed by atoms with Gasteiger partial charge in [0.1, 0.15) is 5.75 Å². The molecule has 0 unspecified atom stereocenters. The van der Waals surface area contributed by atoms with Gasteiger partial charge in [-0.15, -0.1) is 0 Å². The molecule has 0 aliphatic carbocycles. The van der Waals surface area contributed by atoms with E-state index in [-0.39, 0.29) is 0 Å². The van der Waals surface area contributed by atoms with E-state index in [9.17, 15) is 0 Å². The lowest BCUT2D eigenvalue weighted by Crippen LogP contribution is -2.51. The van der Waals surface area contributed by atoms with Gasteiger partial charge in [-0.3, -0.25) is 4.90 Å². The Morgan fingerprint density at radius 2 is 2.00 bits per heavy atom. The van der Waals surface area contributed by atoms with Crippen LogP contribution in [-0.4, -0.2) is 49.6 Å². The summed E-state index contributed by atoms with van der Waals surface area (Å²) in [6, 6.07) is 8.79. The summed E-state index contributed by atoms with van der Waals surface area (Å²) in [5.74, 6) is 1.83. The van der Waals surface area contributed by atoms with Gasteiger partial charge in [-0.1, -0.05) is 32.0 Å². The molecular formula is C17H28N2O. The van der Waals surface area contributed by atoms with Crippen LogP contribution in [0, 0.1) is 5.92 Å². The predicted octanol–water partition coefficient (Wildman–Crippen LogP) is 3.03. The lowest BCUT2D eigenvalue weighted by Gasteiger charge is -2.42. The van der Waals surface area contributed by atoms with Crippen LogP contribution in [0.4, 0.5) is 0 Å². The Balaban J connectivity index is 2.00. The van der Waals surface area contributed by atoms with Crippen molar-refractivity contribution < 1.29 is 4.74 Å². The molecule has 1 aliphatic rings. The van der Waals surface area contributed by atoms with Crippen LogP contribution in [0.3, 0.4) is 0 Å². The highest BCUT2D eigenvalue weighted by Crippen LogP contribution is 2.30. The first-order chi connectivity index (χ1) is 9.69. The fraction of sp³-hybridized carbons (Fsp3) is 0.647. The molecule has 1 aliphatic heterocycles. The highest BCUT2D eigenvalue weighted by Gasteiger charge is 2.28. The number of methoxy groups -OCH3 is 1. The zero-order valence-electron chi connectivity index (χ0n) is 13.3. The van der Waals surface area contributed by atoms with E-state index in [4.69, 9.17) is 4.74 Å². The summed E-state index contributed by atoms with van der Waals surface area (Å²) in [4.78, 5) is 5.07. The Kier molecular flexibility index (Phi) is 5.44. The number of para-hydroxylation sites is 1. The Hall–Kier alpha value is -1.06. The lowest BCUT2D eigenvalue weighted by atomic mass is 9.97. The first-order valence-corrected chi connectivity index (χ1v) is 7.78. The van der Waals surface area contributed by atoms with Crippen LogP contribution < -0.4 is 4.74 Å². The lowest BCUT2D eigenvalue weighted by molar-refractivity contribution is 0.0608. The fourth-order valence-electron chi connectivity index (χ4n) is 3.15. The van der Waals surface area contributed by atoms with Crippen LogP contribution in [0.2, 0.25) is 0 Å². The Morgan fingerprint density at radius 3 is 2.60 bits per heavy atom. The van der Waals surface area contributed by atoms with E-state index in [2.05, 4.69) is 48.8 Å². The molecule has 112 valence electrons. The minimum Gasteiger partial charge on any atom is -0.496 e. The molecule has 1 aromatic rings. The minimum atomic E-state index is 0.409. The molecule has 0 saturated carbocycles. The van der Waals surface area contributed by atoms with Crippen molar-refractivity contribution in [3.8, 4) is 5.75 Å². The summed E-state index contributed by atoms with van der Waals surface area (Å²) in [6.07, 6.45) is 0. The van der Waals surface area contributed by atoms with Gasteiger partial charge in [-0.2, -0.15) is 0 Å². The normalized spacial score (nSPS) is 18.1. The molecule has 1 saturated heterocycles. The van der Waals surface area contributed by atoms with Gasteiger partial charge in [0, 0.05) is 31.2 Å². The third-order valence-electron chi connectivity index (χ3n) is 4.52. The topological polar surface area (TPSA) is 15.7 Å². The Bertz CT molecular complexity index is 415. The van der Waals surface area contributed by atoms with Crippen LogP contribution in [0.5, 0.6) is 5.75 Å². The second-order valence-corrected chi connectivity index (χ2v) is 5.72. The Labute approximate surface area is 123 Å². The molecule has 3 nitrogen and oxygen atoms in total. The molecule has 1 aromatic carbocycles. The second kappa shape index (κ2) is 7.09. The number of rotatable bonds is 7. The van der Waals surface area contributed by atoms with Crippen LogP contribution in [0.15, 0.2) is 24.3 Å². The van der Waals surface area contributed by atoms with E-state index in [1.807, 2.05) is 6.07 Å². The van der Waals surface area contributed by atoms with E-state index in [1.165, 1.54) is 31.7 Å². The highest BCUT2D eigenvalue weighted by molar-refractivity contribution is 5.35. The fourth-order valence-corrected chi connectivity index (χ4v) is 3.15. The summed E-state index contributed by atoms with van der Waals surface area (Å²) >= 11 is 0. The van der Waals surface area contributed by atoms with E-state index < -0.39 is 0 Å². The van der Waals surface area contributed by atoms with Gasteiger partial charge in [0.15, 0.2) is 0 Å². The molecule has 0 spiro atoms. The molecule has 2 rings (SSSR count). The average molecular weight is 276 g/mol. The van der Waals surface area contributed by atoms with Gasteiger partial charge in [0.2, 0.25) is 0 Å². The molecule has 0 radical (unpaired) electrons. The van der Waals surface area contributed by atoms with Crippen molar-refractivity contribution in [1.82, 2.24) is 9.80 Å². The van der Waals surface area contributed by atoms with Crippen molar-refractivity contribution in [2.24, 2.45) is 5.92 Å². The molecule has 0 amide bonds. The number of likely N-dealkylation sites (tertiary alicyclic amines) is 1. The van der Waals surface area contributed by atoms with Gasteiger partial charge in [-0.25, -0.2) is 0 Å². The maximum atomic E-state index is 5.51. The molecule has 0 bridgehead atoms. The van der Waals surface area contributed by atoms with E-state index in [0.717, 1.165) is 18.2 Å². The Morgan fingerprint density at radius 1 is 1.30 bits per heavy atom. The van der Waals surface area contributed by atoms with Gasteiger partial charge in [-0.05, 0) is 32.0 Å². The van der Waals surface area contributed by atoms with Crippen molar-refractivity contribution in [3.05, 3.63) is 29.8 Å². The predicted molar refractivity (Wildman–Crippen MR) is 84.3 cm³/mol. The van der Waals surface area contributed by atoms with Crippen molar-refractivity contribution in [2.75, 3.05) is 39.8 Å². The molecule has 3 heteroatoms. The van der Waals surface area contributed by atoms with Crippen molar-refractivity contribution in [1.29, 1.82) is 0 Å². The number of ether oxygens (including phenoxy) is 1. The maximum Gasteiger partial charge on any atom is 0.123 e. The van der Waals surface area contributed by atoms with E-state index in [0.29, 0.717) is 6.04 Å². The first kappa shape index (κ1) is 15.3. The largest absolute Gasteiger partial charge is 0.496 e. The zero-order valence-corrected chi connectivity index (χ0v) is 13.3. The first-order valence-electron chi connectivity index (χ1n) is 7.78. The van der Waals surface area contributed by atoms with Crippen molar-refractivity contribution >= 4 is 0 Å². The van der Waals surface area contributed by atoms with Gasteiger partial charge >= 0.3 is 0 Å². The highest BCUT2D eigenvalue weighted by atomic mass is 16.5. The SMILES string of the molecule is CCN1CC(CN(CC)[C@@H](C)c2ccccc2OC)C1. The van der Waals surface area contributed by atoms with Gasteiger partial charge in [0.25, 0.3) is 0 Å². The van der Waals surface area contributed by atoms with Crippen molar-refractivity contribution in [3.63, 3.8) is 0 Å².